The van der Waals surface area contributed by atoms with Gasteiger partial charge in [-0.1, -0.05) is 26.0 Å². The maximum absolute atomic E-state index is 10.9. The summed E-state index contributed by atoms with van der Waals surface area (Å²) in [6.45, 7) is 6.52. The van der Waals surface area contributed by atoms with Crippen molar-refractivity contribution in [2.75, 3.05) is 24.6 Å². The smallest absolute Gasteiger partial charge is 0.304 e. The molecule has 2 N–H and O–H groups in total. The average molecular weight is 291 g/mol. The van der Waals surface area contributed by atoms with E-state index in [0.29, 0.717) is 5.41 Å². The summed E-state index contributed by atoms with van der Waals surface area (Å²) in [5, 5.41) is 18.4. The Hall–Kier alpha value is -1.55. The molecule has 0 aliphatic carbocycles. The van der Waals surface area contributed by atoms with Crippen molar-refractivity contribution in [3.63, 3.8) is 0 Å². The predicted octanol–water partition coefficient (Wildman–Crippen LogP) is 2.86. The lowest BCUT2D eigenvalue weighted by molar-refractivity contribution is -0.137. The molecule has 1 aromatic carbocycles. The van der Waals surface area contributed by atoms with E-state index in [-0.39, 0.29) is 18.9 Å². The third kappa shape index (κ3) is 4.21. The molecule has 0 radical (unpaired) electrons. The van der Waals surface area contributed by atoms with Gasteiger partial charge in [0.1, 0.15) is 0 Å². The molecule has 1 heterocycles. The standard InChI is InChI=1S/C17H25NO3/c1-17(2)6-8-18(9-7-17)15-5-3-4-13(10-15)14(12-19)11-16(20)21/h3-5,10,14,19H,6-9,11-12H2,1-2H3,(H,20,21). The SMILES string of the molecule is CC1(C)CCN(c2cccc(C(CO)CC(=O)O)c2)CC1. The number of aliphatic hydroxyl groups is 1. The zero-order chi connectivity index (χ0) is 15.5. The molecular formula is C17H25NO3. The highest BCUT2D eigenvalue weighted by atomic mass is 16.4. The minimum absolute atomic E-state index is 0.0347. The number of nitrogens with zero attached hydrogens (tertiary/aromatic N) is 1. The number of rotatable bonds is 5. The third-order valence-corrected chi connectivity index (χ3v) is 4.47. The number of carboxylic acids is 1. The normalized spacial score (nSPS) is 19.3. The second-order valence-corrected chi connectivity index (χ2v) is 6.72. The van der Waals surface area contributed by atoms with E-state index in [1.807, 2.05) is 18.2 Å². The summed E-state index contributed by atoms with van der Waals surface area (Å²) in [5.74, 6) is -1.21. The van der Waals surface area contributed by atoms with E-state index in [2.05, 4.69) is 24.8 Å². The molecular weight excluding hydrogens is 266 g/mol. The lowest BCUT2D eigenvalue weighted by Crippen LogP contribution is -2.37. The van der Waals surface area contributed by atoms with Gasteiger partial charge < -0.3 is 15.1 Å². The molecule has 1 saturated heterocycles. The fourth-order valence-electron chi connectivity index (χ4n) is 2.84. The first kappa shape index (κ1) is 15.8. The Morgan fingerprint density at radius 3 is 2.57 bits per heavy atom. The number of anilines is 1. The molecule has 4 nitrogen and oxygen atoms in total. The van der Waals surface area contributed by atoms with Crippen LogP contribution in [0.1, 0.15) is 44.6 Å². The number of hydrogen-bond donors (Lipinski definition) is 2. The largest absolute Gasteiger partial charge is 0.481 e. The third-order valence-electron chi connectivity index (χ3n) is 4.47. The van der Waals surface area contributed by atoms with Gasteiger partial charge in [0.25, 0.3) is 0 Å². The Morgan fingerprint density at radius 1 is 1.33 bits per heavy atom. The number of carboxylic acid groups (broad SMARTS) is 1. The number of carbonyl (C=O) groups is 1. The van der Waals surface area contributed by atoms with Gasteiger partial charge in [-0.3, -0.25) is 4.79 Å². The van der Waals surface area contributed by atoms with Crippen molar-refractivity contribution in [3.05, 3.63) is 29.8 Å². The minimum atomic E-state index is -0.876. The summed E-state index contributed by atoms with van der Waals surface area (Å²) < 4.78 is 0. The Labute approximate surface area is 126 Å². The van der Waals surface area contributed by atoms with Gasteiger partial charge in [0.05, 0.1) is 13.0 Å². The van der Waals surface area contributed by atoms with Crippen LogP contribution in [0.15, 0.2) is 24.3 Å². The van der Waals surface area contributed by atoms with Crippen molar-refractivity contribution in [2.45, 2.75) is 39.0 Å². The fourth-order valence-corrected chi connectivity index (χ4v) is 2.84. The van der Waals surface area contributed by atoms with Gasteiger partial charge in [-0.2, -0.15) is 0 Å². The number of hydrogen-bond acceptors (Lipinski definition) is 3. The van der Waals surface area contributed by atoms with Crippen LogP contribution in [0.25, 0.3) is 0 Å². The molecule has 0 spiro atoms. The highest BCUT2D eigenvalue weighted by Gasteiger charge is 2.25. The van der Waals surface area contributed by atoms with Crippen LogP contribution in [0.4, 0.5) is 5.69 Å². The molecule has 1 aliphatic rings. The van der Waals surface area contributed by atoms with Gasteiger partial charge in [-0.05, 0) is 36.0 Å². The van der Waals surface area contributed by atoms with Crippen LogP contribution in [-0.2, 0) is 4.79 Å². The van der Waals surface area contributed by atoms with Crippen molar-refractivity contribution in [3.8, 4) is 0 Å². The maximum atomic E-state index is 10.9. The predicted molar refractivity (Wildman–Crippen MR) is 83.7 cm³/mol. The summed E-state index contributed by atoms with van der Waals surface area (Å²) in [4.78, 5) is 13.2. The Balaban J connectivity index is 2.12. The van der Waals surface area contributed by atoms with Gasteiger partial charge in [-0.15, -0.1) is 0 Å². The van der Waals surface area contributed by atoms with Crippen LogP contribution in [0.5, 0.6) is 0 Å². The summed E-state index contributed by atoms with van der Waals surface area (Å²) in [6.07, 6.45) is 2.29. The topological polar surface area (TPSA) is 60.8 Å². The van der Waals surface area contributed by atoms with Crippen molar-refractivity contribution in [1.82, 2.24) is 0 Å². The number of aliphatic carboxylic acids is 1. The van der Waals surface area contributed by atoms with Gasteiger partial charge in [0, 0.05) is 24.7 Å². The highest BCUT2D eigenvalue weighted by Crippen LogP contribution is 2.33. The molecule has 21 heavy (non-hydrogen) atoms. The molecule has 1 fully saturated rings. The molecule has 1 aromatic rings. The van der Waals surface area contributed by atoms with E-state index in [1.54, 1.807) is 0 Å². The van der Waals surface area contributed by atoms with Crippen molar-refractivity contribution < 1.29 is 15.0 Å². The van der Waals surface area contributed by atoms with Crippen LogP contribution in [0.2, 0.25) is 0 Å². The molecule has 1 atom stereocenters. The van der Waals surface area contributed by atoms with E-state index < -0.39 is 5.97 Å². The van der Waals surface area contributed by atoms with E-state index in [9.17, 15) is 9.90 Å². The lowest BCUT2D eigenvalue weighted by Gasteiger charge is -2.38. The van der Waals surface area contributed by atoms with Crippen molar-refractivity contribution in [1.29, 1.82) is 0 Å². The Bertz CT molecular complexity index is 489. The molecule has 4 heteroatoms. The molecule has 1 unspecified atom stereocenters. The minimum Gasteiger partial charge on any atom is -0.481 e. The maximum Gasteiger partial charge on any atom is 0.304 e. The highest BCUT2D eigenvalue weighted by molar-refractivity contribution is 5.68. The average Bonchev–Trinajstić information content (AvgIpc) is 2.44. The summed E-state index contributed by atoms with van der Waals surface area (Å²) in [5.41, 5.74) is 2.44. The second kappa shape index (κ2) is 6.48. The lowest BCUT2D eigenvalue weighted by atomic mass is 9.82. The molecule has 0 saturated carbocycles. The quantitative estimate of drug-likeness (QED) is 0.875. The van der Waals surface area contributed by atoms with Gasteiger partial charge in [0.15, 0.2) is 0 Å². The second-order valence-electron chi connectivity index (χ2n) is 6.72. The van der Waals surface area contributed by atoms with E-state index in [1.165, 1.54) is 0 Å². The van der Waals surface area contributed by atoms with Crippen molar-refractivity contribution >= 4 is 11.7 Å². The first-order valence-corrected chi connectivity index (χ1v) is 7.59. The zero-order valence-electron chi connectivity index (χ0n) is 12.9. The van der Waals surface area contributed by atoms with Crippen LogP contribution in [0.3, 0.4) is 0 Å². The molecule has 116 valence electrons. The van der Waals surface area contributed by atoms with E-state index >= 15 is 0 Å². The molecule has 2 rings (SSSR count). The Morgan fingerprint density at radius 2 is 2.00 bits per heavy atom. The van der Waals surface area contributed by atoms with Crippen LogP contribution in [-0.4, -0.2) is 35.9 Å². The fraction of sp³-hybridized carbons (Fsp3) is 0.588. The van der Waals surface area contributed by atoms with Crippen LogP contribution < -0.4 is 4.90 Å². The Kier molecular flexibility index (Phi) is 4.88. The summed E-state index contributed by atoms with van der Waals surface area (Å²) in [7, 11) is 0. The first-order valence-electron chi connectivity index (χ1n) is 7.59. The summed E-state index contributed by atoms with van der Waals surface area (Å²) in [6, 6.07) is 7.95. The zero-order valence-corrected chi connectivity index (χ0v) is 12.9. The molecule has 0 amide bonds. The number of piperidine rings is 1. The summed E-state index contributed by atoms with van der Waals surface area (Å²) >= 11 is 0. The molecule has 0 aromatic heterocycles. The van der Waals surface area contributed by atoms with E-state index in [0.717, 1.165) is 37.2 Å². The van der Waals surface area contributed by atoms with Gasteiger partial charge in [0.2, 0.25) is 0 Å². The number of benzene rings is 1. The van der Waals surface area contributed by atoms with E-state index in [4.69, 9.17) is 5.11 Å². The first-order chi connectivity index (χ1) is 9.91. The van der Waals surface area contributed by atoms with Crippen molar-refractivity contribution in [2.24, 2.45) is 5.41 Å². The molecule has 1 aliphatic heterocycles. The van der Waals surface area contributed by atoms with Gasteiger partial charge >= 0.3 is 5.97 Å². The molecule has 0 bridgehead atoms. The van der Waals surface area contributed by atoms with Crippen LogP contribution >= 0.6 is 0 Å². The van der Waals surface area contributed by atoms with Crippen LogP contribution in [0, 0.1) is 5.41 Å². The number of aliphatic hydroxyl groups excluding tert-OH is 1. The monoisotopic (exact) mass is 291 g/mol. The van der Waals surface area contributed by atoms with Gasteiger partial charge in [-0.25, -0.2) is 0 Å².